The molecule has 196 valence electrons. The van der Waals surface area contributed by atoms with Crippen molar-refractivity contribution in [2.24, 2.45) is 5.92 Å². The van der Waals surface area contributed by atoms with E-state index >= 15 is 0 Å². The van der Waals surface area contributed by atoms with Crippen LogP contribution in [-0.4, -0.2) is 11.1 Å². The van der Waals surface area contributed by atoms with E-state index in [4.69, 9.17) is 5.11 Å². The second-order valence-electron chi connectivity index (χ2n) is 10.8. The number of unbranched alkanes of at least 4 members (excludes halogenated alkanes) is 21. The Kier molecular flexibility index (Phi) is 26.8. The number of hydrogen-bond acceptors (Lipinski definition) is 1. The molecule has 0 rings (SSSR count). The molecule has 0 aliphatic rings. The number of carboxylic acids is 1. The van der Waals surface area contributed by atoms with Gasteiger partial charge in [-0.1, -0.05) is 148 Å². The molecule has 2 heteroatoms. The number of carboxylic acid groups (broad SMARTS) is 1. The van der Waals surface area contributed by atoms with Gasteiger partial charge >= 0.3 is 5.97 Å². The van der Waals surface area contributed by atoms with Gasteiger partial charge in [-0.15, -0.1) is 0 Å². The molecule has 0 aromatic heterocycles. The lowest BCUT2D eigenvalue weighted by molar-refractivity contribution is -0.137. The number of hydrogen-bond donors (Lipinski definition) is 1. The molecule has 0 heterocycles. The number of rotatable bonds is 27. The Morgan fingerprint density at radius 2 is 0.818 bits per heavy atom. The highest BCUT2D eigenvalue weighted by molar-refractivity contribution is 5.66. The van der Waals surface area contributed by atoms with Gasteiger partial charge in [0.05, 0.1) is 0 Å². The van der Waals surface area contributed by atoms with Crippen molar-refractivity contribution in [3.05, 3.63) is 12.2 Å². The van der Waals surface area contributed by atoms with Crippen molar-refractivity contribution in [1.82, 2.24) is 0 Å². The van der Waals surface area contributed by atoms with Crippen LogP contribution in [0.3, 0.4) is 0 Å². The summed E-state index contributed by atoms with van der Waals surface area (Å²) in [6.07, 6.45) is 37.6. The fourth-order valence-electron chi connectivity index (χ4n) is 4.59. The summed E-state index contributed by atoms with van der Waals surface area (Å²) >= 11 is 0. The van der Waals surface area contributed by atoms with E-state index in [0.29, 0.717) is 6.42 Å². The highest BCUT2D eigenvalue weighted by Crippen LogP contribution is 2.15. The average Bonchev–Trinajstić information content (AvgIpc) is 2.78. The molecule has 0 aliphatic carbocycles. The van der Waals surface area contributed by atoms with Crippen molar-refractivity contribution in [3.63, 3.8) is 0 Å². The van der Waals surface area contributed by atoms with Gasteiger partial charge in [0.1, 0.15) is 0 Å². The van der Waals surface area contributed by atoms with E-state index in [0.717, 1.165) is 18.8 Å². The molecule has 0 aliphatic heterocycles. The lowest BCUT2D eigenvalue weighted by atomic mass is 10.0. The number of aliphatic carboxylic acids is 1. The van der Waals surface area contributed by atoms with E-state index in [9.17, 15) is 4.79 Å². The summed E-state index contributed by atoms with van der Waals surface area (Å²) < 4.78 is 0. The van der Waals surface area contributed by atoms with Crippen LogP contribution >= 0.6 is 0 Å². The highest BCUT2D eigenvalue weighted by Gasteiger charge is 1.97. The average molecular weight is 465 g/mol. The molecule has 0 fully saturated rings. The van der Waals surface area contributed by atoms with E-state index in [2.05, 4.69) is 26.0 Å². The largest absolute Gasteiger partial charge is 0.481 e. The molecule has 33 heavy (non-hydrogen) atoms. The molecule has 1 N–H and O–H groups in total. The van der Waals surface area contributed by atoms with Gasteiger partial charge in [0.15, 0.2) is 0 Å². The van der Waals surface area contributed by atoms with Gasteiger partial charge in [-0.05, 0) is 38.0 Å². The van der Waals surface area contributed by atoms with E-state index < -0.39 is 5.97 Å². The fourth-order valence-corrected chi connectivity index (χ4v) is 4.59. The van der Waals surface area contributed by atoms with Gasteiger partial charge < -0.3 is 5.11 Å². The molecule has 0 spiro atoms. The SMILES string of the molecule is CC(C)CCCCCCCCCCCCCCCCCCC=CCCCCCCCC(=O)O. The third-order valence-electron chi connectivity index (χ3n) is 6.83. The van der Waals surface area contributed by atoms with Crippen LogP contribution in [0.25, 0.3) is 0 Å². The van der Waals surface area contributed by atoms with E-state index in [1.165, 1.54) is 141 Å². The predicted octanol–water partition coefficient (Wildman–Crippen LogP) is 11.0. The third kappa shape index (κ3) is 31.2. The minimum Gasteiger partial charge on any atom is -0.481 e. The fraction of sp³-hybridized carbons (Fsp3) is 0.903. The zero-order chi connectivity index (χ0) is 24.2. The molecule has 0 saturated heterocycles. The van der Waals surface area contributed by atoms with Crippen LogP contribution in [0.5, 0.6) is 0 Å². The molecule has 0 bridgehead atoms. The van der Waals surface area contributed by atoms with Crippen LogP contribution in [-0.2, 0) is 4.79 Å². The van der Waals surface area contributed by atoms with Gasteiger partial charge in [0.25, 0.3) is 0 Å². The summed E-state index contributed by atoms with van der Waals surface area (Å²) in [7, 11) is 0. The normalized spacial score (nSPS) is 11.7. The summed E-state index contributed by atoms with van der Waals surface area (Å²) in [6.45, 7) is 4.67. The van der Waals surface area contributed by atoms with Crippen LogP contribution in [0.15, 0.2) is 12.2 Å². The first-order chi connectivity index (χ1) is 16.1. The summed E-state index contributed by atoms with van der Waals surface area (Å²) in [5, 5.41) is 8.60. The second-order valence-corrected chi connectivity index (χ2v) is 10.8. The first kappa shape index (κ1) is 32.2. The van der Waals surface area contributed by atoms with Gasteiger partial charge in [0, 0.05) is 6.42 Å². The van der Waals surface area contributed by atoms with Crippen molar-refractivity contribution in [1.29, 1.82) is 0 Å². The smallest absolute Gasteiger partial charge is 0.303 e. The topological polar surface area (TPSA) is 37.3 Å². The standard InChI is InChI=1S/C31H60O2/c1-30(2)28-26-24-22-20-18-16-14-12-10-8-6-4-3-5-7-9-11-13-15-17-19-21-23-25-27-29-31(32)33/h13,15,30H,3-12,14,16-29H2,1-2H3,(H,32,33). The number of carbonyl (C=O) groups is 1. The van der Waals surface area contributed by atoms with Crippen LogP contribution in [0, 0.1) is 5.92 Å². The highest BCUT2D eigenvalue weighted by atomic mass is 16.4. The van der Waals surface area contributed by atoms with Gasteiger partial charge in [-0.3, -0.25) is 4.79 Å². The van der Waals surface area contributed by atoms with Gasteiger partial charge in [-0.25, -0.2) is 0 Å². The lowest BCUT2D eigenvalue weighted by Crippen LogP contribution is -1.93. The van der Waals surface area contributed by atoms with E-state index in [-0.39, 0.29) is 0 Å². The molecule has 0 saturated carbocycles. The lowest BCUT2D eigenvalue weighted by Gasteiger charge is -2.05. The monoisotopic (exact) mass is 464 g/mol. The first-order valence-electron chi connectivity index (χ1n) is 15.0. The molecular weight excluding hydrogens is 404 g/mol. The zero-order valence-corrected chi connectivity index (χ0v) is 22.8. The maximum atomic E-state index is 10.4. The van der Waals surface area contributed by atoms with Crippen LogP contribution in [0.4, 0.5) is 0 Å². The van der Waals surface area contributed by atoms with Crippen LogP contribution < -0.4 is 0 Å². The van der Waals surface area contributed by atoms with Crippen molar-refractivity contribution in [3.8, 4) is 0 Å². The summed E-state index contributed by atoms with van der Waals surface area (Å²) in [4.78, 5) is 10.4. The van der Waals surface area contributed by atoms with E-state index in [1.807, 2.05) is 0 Å². The Balaban J connectivity index is 3.08. The second kappa shape index (κ2) is 27.5. The predicted molar refractivity (Wildman–Crippen MR) is 147 cm³/mol. The maximum Gasteiger partial charge on any atom is 0.303 e. The Bertz CT molecular complexity index is 413. The van der Waals surface area contributed by atoms with Crippen molar-refractivity contribution in [2.45, 2.75) is 174 Å². The van der Waals surface area contributed by atoms with Crippen molar-refractivity contribution >= 4 is 5.97 Å². The molecular formula is C31H60O2. The summed E-state index contributed by atoms with van der Waals surface area (Å²) in [5.41, 5.74) is 0. The van der Waals surface area contributed by atoms with Crippen molar-refractivity contribution < 1.29 is 9.90 Å². The minimum absolute atomic E-state index is 0.332. The molecule has 2 nitrogen and oxygen atoms in total. The Morgan fingerprint density at radius 1 is 0.515 bits per heavy atom. The zero-order valence-electron chi connectivity index (χ0n) is 22.8. The minimum atomic E-state index is -0.660. The Labute approximate surface area is 208 Å². The molecule has 0 radical (unpaired) electrons. The Hall–Kier alpha value is -0.790. The van der Waals surface area contributed by atoms with Crippen molar-refractivity contribution in [2.75, 3.05) is 0 Å². The molecule has 0 aromatic rings. The van der Waals surface area contributed by atoms with Crippen LogP contribution in [0.2, 0.25) is 0 Å². The van der Waals surface area contributed by atoms with Gasteiger partial charge in [-0.2, -0.15) is 0 Å². The summed E-state index contributed by atoms with van der Waals surface area (Å²) in [5.74, 6) is 0.224. The van der Waals surface area contributed by atoms with Gasteiger partial charge in [0.2, 0.25) is 0 Å². The maximum absolute atomic E-state index is 10.4. The van der Waals surface area contributed by atoms with E-state index in [1.54, 1.807) is 0 Å². The first-order valence-corrected chi connectivity index (χ1v) is 15.0. The molecule has 0 unspecified atom stereocenters. The Morgan fingerprint density at radius 3 is 1.15 bits per heavy atom. The number of allylic oxidation sites excluding steroid dienone is 2. The molecule has 0 atom stereocenters. The molecule has 0 amide bonds. The third-order valence-corrected chi connectivity index (χ3v) is 6.83. The quantitative estimate of drug-likeness (QED) is 0.0969. The molecule has 0 aromatic carbocycles. The van der Waals surface area contributed by atoms with Crippen LogP contribution in [0.1, 0.15) is 174 Å². The summed E-state index contributed by atoms with van der Waals surface area (Å²) in [6, 6.07) is 0.